The molecule has 1 aromatic carbocycles. The molecule has 0 unspecified atom stereocenters. The molecule has 5 nitrogen and oxygen atoms in total. The molecule has 5 heteroatoms. The lowest BCUT2D eigenvalue weighted by atomic mass is 10.1. The summed E-state index contributed by atoms with van der Waals surface area (Å²) < 4.78 is 5.41. The average molecular weight is 332 g/mol. The van der Waals surface area contributed by atoms with E-state index in [0.717, 1.165) is 43.5 Å². The SMILES string of the molecule is CCC[NH+](CCC)Cc1cccc2[nH]c(C(=O)OC(C)(C)C)nc12. The van der Waals surface area contributed by atoms with Crippen molar-refractivity contribution in [2.45, 2.75) is 59.6 Å². The molecule has 0 spiro atoms. The molecule has 24 heavy (non-hydrogen) atoms. The predicted octanol–water partition coefficient (Wildman–Crippen LogP) is 2.72. The summed E-state index contributed by atoms with van der Waals surface area (Å²) in [4.78, 5) is 21.4. The summed E-state index contributed by atoms with van der Waals surface area (Å²) >= 11 is 0. The highest BCUT2D eigenvalue weighted by Gasteiger charge is 2.22. The normalized spacial score (nSPS) is 12.1. The van der Waals surface area contributed by atoms with Gasteiger partial charge in [-0.25, -0.2) is 9.78 Å². The zero-order valence-electron chi connectivity index (χ0n) is 15.5. The third-order valence-corrected chi connectivity index (χ3v) is 3.84. The van der Waals surface area contributed by atoms with E-state index in [-0.39, 0.29) is 5.82 Å². The Bertz CT molecular complexity index is 679. The number of quaternary nitrogens is 1. The van der Waals surface area contributed by atoms with E-state index in [1.165, 1.54) is 5.56 Å². The van der Waals surface area contributed by atoms with E-state index in [0.29, 0.717) is 0 Å². The molecule has 0 saturated carbocycles. The number of nitrogens with one attached hydrogen (secondary N) is 2. The number of H-pyrrole nitrogens is 1. The number of carbonyl (C=O) groups is 1. The summed E-state index contributed by atoms with van der Waals surface area (Å²) in [5.74, 6) is -0.129. The molecule has 0 aliphatic rings. The van der Waals surface area contributed by atoms with E-state index in [2.05, 4.69) is 29.9 Å². The average Bonchev–Trinajstić information content (AvgIpc) is 2.91. The van der Waals surface area contributed by atoms with Gasteiger partial charge in [0.05, 0.1) is 24.1 Å². The zero-order chi connectivity index (χ0) is 17.7. The third-order valence-electron chi connectivity index (χ3n) is 3.84. The number of aromatic amines is 1. The number of benzene rings is 1. The molecule has 132 valence electrons. The molecule has 0 aliphatic carbocycles. The van der Waals surface area contributed by atoms with E-state index in [1.54, 1.807) is 4.90 Å². The first-order chi connectivity index (χ1) is 11.3. The molecule has 1 aromatic heterocycles. The molecule has 0 bridgehead atoms. The zero-order valence-corrected chi connectivity index (χ0v) is 15.5. The van der Waals surface area contributed by atoms with Crippen molar-refractivity contribution >= 4 is 17.0 Å². The molecule has 2 N–H and O–H groups in total. The maximum Gasteiger partial charge on any atom is 0.374 e. The lowest BCUT2D eigenvalue weighted by molar-refractivity contribution is -0.913. The highest BCUT2D eigenvalue weighted by Crippen LogP contribution is 2.18. The monoisotopic (exact) mass is 332 g/mol. The van der Waals surface area contributed by atoms with Crippen LogP contribution in [0.3, 0.4) is 0 Å². The summed E-state index contributed by atoms with van der Waals surface area (Å²) in [6, 6.07) is 6.08. The number of hydrogen-bond acceptors (Lipinski definition) is 3. The molecular weight excluding hydrogens is 302 g/mol. The molecule has 2 aromatic rings. The fourth-order valence-corrected chi connectivity index (χ4v) is 2.94. The second kappa shape index (κ2) is 7.79. The summed E-state index contributed by atoms with van der Waals surface area (Å²) in [5.41, 5.74) is 2.42. The first-order valence-electron chi connectivity index (χ1n) is 8.88. The van der Waals surface area contributed by atoms with Crippen molar-refractivity contribution in [2.75, 3.05) is 13.1 Å². The van der Waals surface area contributed by atoms with Crippen molar-refractivity contribution in [3.63, 3.8) is 0 Å². The van der Waals surface area contributed by atoms with Crippen molar-refractivity contribution in [1.82, 2.24) is 9.97 Å². The van der Waals surface area contributed by atoms with Crippen LogP contribution in [0.1, 0.15) is 63.6 Å². The van der Waals surface area contributed by atoms with Gasteiger partial charge in [-0.1, -0.05) is 26.0 Å². The van der Waals surface area contributed by atoms with Crippen molar-refractivity contribution in [3.8, 4) is 0 Å². The minimum atomic E-state index is -0.526. The maximum atomic E-state index is 12.2. The van der Waals surface area contributed by atoms with Crippen molar-refractivity contribution in [2.24, 2.45) is 0 Å². The first-order valence-corrected chi connectivity index (χ1v) is 8.88. The Hall–Kier alpha value is -1.88. The van der Waals surface area contributed by atoms with E-state index >= 15 is 0 Å². The summed E-state index contributed by atoms with van der Waals surface area (Å²) in [7, 11) is 0. The Morgan fingerprint density at radius 2 is 1.88 bits per heavy atom. The number of hydrogen-bond donors (Lipinski definition) is 2. The number of fused-ring (bicyclic) bond motifs is 1. The van der Waals surface area contributed by atoms with Gasteiger partial charge >= 0.3 is 5.97 Å². The van der Waals surface area contributed by atoms with Crippen LogP contribution in [-0.2, 0) is 11.3 Å². The van der Waals surface area contributed by atoms with E-state index < -0.39 is 11.6 Å². The summed E-state index contributed by atoms with van der Waals surface area (Å²) in [6.07, 6.45) is 2.32. The number of esters is 1. The fraction of sp³-hybridized carbons (Fsp3) is 0.579. The quantitative estimate of drug-likeness (QED) is 0.767. The van der Waals surface area contributed by atoms with Gasteiger partial charge in [-0.15, -0.1) is 0 Å². The minimum absolute atomic E-state index is 0.278. The van der Waals surface area contributed by atoms with Crippen molar-refractivity contribution in [1.29, 1.82) is 0 Å². The largest absolute Gasteiger partial charge is 0.454 e. The Balaban J connectivity index is 2.27. The van der Waals surface area contributed by atoms with Crippen molar-refractivity contribution in [3.05, 3.63) is 29.6 Å². The van der Waals surface area contributed by atoms with Crippen LogP contribution >= 0.6 is 0 Å². The van der Waals surface area contributed by atoms with Crippen LogP contribution in [0.25, 0.3) is 11.0 Å². The van der Waals surface area contributed by atoms with Crippen LogP contribution in [0.2, 0.25) is 0 Å². The summed E-state index contributed by atoms with van der Waals surface area (Å²) in [6.45, 7) is 13.2. The van der Waals surface area contributed by atoms with Gasteiger partial charge in [0.15, 0.2) is 0 Å². The Morgan fingerprint density at radius 3 is 2.46 bits per heavy atom. The maximum absolute atomic E-state index is 12.2. The molecule has 0 saturated heterocycles. The molecule has 0 amide bonds. The van der Waals surface area contributed by atoms with Gasteiger partial charge in [0.25, 0.3) is 0 Å². The lowest BCUT2D eigenvalue weighted by Gasteiger charge is -2.18. The highest BCUT2D eigenvalue weighted by molar-refractivity contribution is 5.91. The van der Waals surface area contributed by atoms with Gasteiger partial charge in [0.2, 0.25) is 5.82 Å². The standard InChI is InChI=1S/C19H29N3O2/c1-6-11-22(12-7-2)13-14-9-8-10-15-16(14)21-17(20-15)18(23)24-19(3,4)5/h8-10H,6-7,11-13H2,1-5H3,(H,20,21)/p+1. The number of carbonyl (C=O) groups excluding carboxylic acids is 1. The molecule has 1 heterocycles. The van der Waals surface area contributed by atoms with Crippen molar-refractivity contribution < 1.29 is 14.4 Å². The Morgan fingerprint density at radius 1 is 1.21 bits per heavy atom. The van der Waals surface area contributed by atoms with Crippen LogP contribution in [0, 0.1) is 0 Å². The number of rotatable bonds is 7. The van der Waals surface area contributed by atoms with Gasteiger partial charge in [0, 0.05) is 5.56 Å². The van der Waals surface area contributed by atoms with Crippen LogP contribution in [0.5, 0.6) is 0 Å². The number of ether oxygens (including phenoxy) is 1. The second-order valence-corrected chi connectivity index (χ2v) is 7.33. The lowest BCUT2D eigenvalue weighted by Crippen LogP contribution is -3.10. The fourth-order valence-electron chi connectivity index (χ4n) is 2.94. The van der Waals surface area contributed by atoms with Gasteiger partial charge in [0.1, 0.15) is 12.1 Å². The highest BCUT2D eigenvalue weighted by atomic mass is 16.6. The first kappa shape index (κ1) is 18.5. The van der Waals surface area contributed by atoms with E-state index in [1.807, 2.05) is 32.9 Å². The van der Waals surface area contributed by atoms with Crippen LogP contribution < -0.4 is 4.90 Å². The smallest absolute Gasteiger partial charge is 0.374 e. The van der Waals surface area contributed by atoms with Gasteiger partial charge in [-0.3, -0.25) is 0 Å². The Kier molecular flexibility index (Phi) is 5.99. The van der Waals surface area contributed by atoms with E-state index in [4.69, 9.17) is 4.74 Å². The molecule has 0 aliphatic heterocycles. The van der Waals surface area contributed by atoms with Gasteiger partial charge in [-0.2, -0.15) is 0 Å². The van der Waals surface area contributed by atoms with Gasteiger partial charge < -0.3 is 14.6 Å². The third kappa shape index (κ3) is 4.81. The molecule has 2 rings (SSSR count). The molecule has 0 radical (unpaired) electrons. The Labute approximate surface area is 144 Å². The van der Waals surface area contributed by atoms with Crippen LogP contribution in [0.4, 0.5) is 0 Å². The molecule has 0 fully saturated rings. The van der Waals surface area contributed by atoms with Crippen LogP contribution in [-0.4, -0.2) is 34.6 Å². The van der Waals surface area contributed by atoms with Crippen LogP contribution in [0.15, 0.2) is 18.2 Å². The number of aromatic nitrogens is 2. The number of para-hydroxylation sites is 1. The number of nitrogens with zero attached hydrogens (tertiary/aromatic N) is 1. The molecular formula is C19H30N3O2+. The predicted molar refractivity (Wildman–Crippen MR) is 96.2 cm³/mol. The summed E-state index contributed by atoms with van der Waals surface area (Å²) in [5, 5.41) is 0. The number of imidazole rings is 1. The van der Waals surface area contributed by atoms with Gasteiger partial charge in [-0.05, 0) is 39.7 Å². The second-order valence-electron chi connectivity index (χ2n) is 7.33. The molecule has 0 atom stereocenters. The van der Waals surface area contributed by atoms with E-state index in [9.17, 15) is 4.79 Å². The minimum Gasteiger partial charge on any atom is -0.454 e. The topological polar surface area (TPSA) is 59.4 Å².